The third-order valence-corrected chi connectivity index (χ3v) is 3.60. The van der Waals surface area contributed by atoms with Crippen molar-refractivity contribution in [3.8, 4) is 0 Å². The quantitative estimate of drug-likeness (QED) is 0.765. The van der Waals surface area contributed by atoms with Crippen molar-refractivity contribution < 1.29 is 9.47 Å². The summed E-state index contributed by atoms with van der Waals surface area (Å²) in [7, 11) is 0. The van der Waals surface area contributed by atoms with Crippen LogP contribution in [0, 0.1) is 0 Å². The average Bonchev–Trinajstić information content (AvgIpc) is 2.77. The van der Waals surface area contributed by atoms with Gasteiger partial charge in [-0.05, 0) is 19.3 Å². The lowest BCUT2D eigenvalue weighted by Crippen LogP contribution is -2.45. The van der Waals surface area contributed by atoms with Crippen LogP contribution in [-0.2, 0) is 9.47 Å². The van der Waals surface area contributed by atoms with Gasteiger partial charge in [0.2, 0.25) is 0 Å². The van der Waals surface area contributed by atoms with Crippen molar-refractivity contribution in [3.63, 3.8) is 0 Å². The summed E-state index contributed by atoms with van der Waals surface area (Å²) in [5, 5.41) is 0. The SMILES string of the molecule is CCC1CN(CC2CCC(CN)O2)CCO1. The van der Waals surface area contributed by atoms with Crippen molar-refractivity contribution in [2.75, 3.05) is 32.8 Å². The predicted octanol–water partition coefficient (Wildman–Crippen LogP) is 0.604. The summed E-state index contributed by atoms with van der Waals surface area (Å²) in [6, 6.07) is 0. The number of hydrogen-bond acceptors (Lipinski definition) is 4. The Morgan fingerprint density at radius 1 is 1.25 bits per heavy atom. The van der Waals surface area contributed by atoms with E-state index in [0.29, 0.717) is 24.9 Å². The molecule has 4 nitrogen and oxygen atoms in total. The van der Waals surface area contributed by atoms with Crippen LogP contribution in [0.25, 0.3) is 0 Å². The average molecular weight is 228 g/mol. The maximum atomic E-state index is 5.87. The van der Waals surface area contributed by atoms with Crippen LogP contribution in [0.1, 0.15) is 26.2 Å². The second kappa shape index (κ2) is 5.96. The zero-order valence-electron chi connectivity index (χ0n) is 10.2. The number of nitrogens with zero attached hydrogens (tertiary/aromatic N) is 1. The molecule has 0 aromatic heterocycles. The first-order valence-corrected chi connectivity index (χ1v) is 6.51. The molecule has 2 aliphatic rings. The molecule has 0 aromatic carbocycles. The number of ether oxygens (including phenoxy) is 2. The minimum Gasteiger partial charge on any atom is -0.376 e. The van der Waals surface area contributed by atoms with Gasteiger partial charge in [-0.25, -0.2) is 0 Å². The summed E-state index contributed by atoms with van der Waals surface area (Å²) in [6.45, 7) is 6.87. The predicted molar refractivity (Wildman–Crippen MR) is 63.4 cm³/mol. The second-order valence-corrected chi connectivity index (χ2v) is 4.85. The Kier molecular flexibility index (Phi) is 4.58. The van der Waals surface area contributed by atoms with E-state index in [1.807, 2.05) is 0 Å². The van der Waals surface area contributed by atoms with E-state index >= 15 is 0 Å². The molecule has 16 heavy (non-hydrogen) atoms. The highest BCUT2D eigenvalue weighted by Crippen LogP contribution is 2.20. The highest BCUT2D eigenvalue weighted by atomic mass is 16.5. The van der Waals surface area contributed by atoms with E-state index in [2.05, 4.69) is 11.8 Å². The molecule has 0 saturated carbocycles. The van der Waals surface area contributed by atoms with Gasteiger partial charge in [0.1, 0.15) is 0 Å². The Labute approximate surface area is 98.1 Å². The molecule has 2 heterocycles. The first-order chi connectivity index (χ1) is 7.81. The lowest BCUT2D eigenvalue weighted by Gasteiger charge is -2.33. The summed E-state index contributed by atoms with van der Waals surface area (Å²) in [4.78, 5) is 2.47. The first-order valence-electron chi connectivity index (χ1n) is 6.51. The topological polar surface area (TPSA) is 47.7 Å². The molecule has 2 fully saturated rings. The molecule has 94 valence electrons. The highest BCUT2D eigenvalue weighted by molar-refractivity contribution is 4.79. The van der Waals surface area contributed by atoms with E-state index in [1.165, 1.54) is 0 Å². The maximum Gasteiger partial charge on any atom is 0.0707 e. The van der Waals surface area contributed by atoms with Crippen LogP contribution in [-0.4, -0.2) is 56.0 Å². The highest BCUT2D eigenvalue weighted by Gasteiger charge is 2.27. The number of morpholine rings is 1. The second-order valence-electron chi connectivity index (χ2n) is 4.85. The van der Waals surface area contributed by atoms with E-state index < -0.39 is 0 Å². The fourth-order valence-electron chi connectivity index (χ4n) is 2.57. The lowest BCUT2D eigenvalue weighted by molar-refractivity contribution is -0.0498. The summed E-state index contributed by atoms with van der Waals surface area (Å²) in [5.41, 5.74) is 5.61. The maximum absolute atomic E-state index is 5.87. The fourth-order valence-corrected chi connectivity index (χ4v) is 2.57. The number of nitrogens with two attached hydrogens (primary N) is 1. The van der Waals surface area contributed by atoms with Crippen molar-refractivity contribution in [1.82, 2.24) is 4.90 Å². The summed E-state index contributed by atoms with van der Waals surface area (Å²) in [5.74, 6) is 0. The summed E-state index contributed by atoms with van der Waals surface area (Å²) in [6.07, 6.45) is 4.50. The van der Waals surface area contributed by atoms with Crippen LogP contribution >= 0.6 is 0 Å². The van der Waals surface area contributed by atoms with Crippen molar-refractivity contribution in [1.29, 1.82) is 0 Å². The molecule has 3 unspecified atom stereocenters. The van der Waals surface area contributed by atoms with Gasteiger partial charge in [-0.2, -0.15) is 0 Å². The molecular weight excluding hydrogens is 204 g/mol. The Morgan fingerprint density at radius 3 is 2.75 bits per heavy atom. The smallest absolute Gasteiger partial charge is 0.0707 e. The number of rotatable bonds is 4. The summed E-state index contributed by atoms with van der Waals surface area (Å²) >= 11 is 0. The zero-order valence-corrected chi connectivity index (χ0v) is 10.2. The Balaban J connectivity index is 1.73. The molecule has 3 atom stereocenters. The third kappa shape index (κ3) is 3.17. The molecule has 0 aliphatic carbocycles. The summed E-state index contributed by atoms with van der Waals surface area (Å²) < 4.78 is 11.5. The molecule has 4 heteroatoms. The van der Waals surface area contributed by atoms with E-state index in [1.54, 1.807) is 0 Å². The van der Waals surface area contributed by atoms with E-state index in [0.717, 1.165) is 45.5 Å². The van der Waals surface area contributed by atoms with Crippen LogP contribution in [0.3, 0.4) is 0 Å². The Bertz CT molecular complexity index is 213. The van der Waals surface area contributed by atoms with Crippen LogP contribution in [0.4, 0.5) is 0 Å². The normalized spacial score (nSPS) is 36.8. The zero-order chi connectivity index (χ0) is 11.4. The Morgan fingerprint density at radius 2 is 2.06 bits per heavy atom. The van der Waals surface area contributed by atoms with Gasteiger partial charge >= 0.3 is 0 Å². The lowest BCUT2D eigenvalue weighted by atomic mass is 10.1. The Hall–Kier alpha value is -0.160. The fraction of sp³-hybridized carbons (Fsp3) is 1.00. The molecule has 2 N–H and O–H groups in total. The van der Waals surface area contributed by atoms with Crippen LogP contribution in [0.15, 0.2) is 0 Å². The van der Waals surface area contributed by atoms with Crippen molar-refractivity contribution in [2.45, 2.75) is 44.5 Å². The first kappa shape index (κ1) is 12.3. The monoisotopic (exact) mass is 228 g/mol. The van der Waals surface area contributed by atoms with Crippen LogP contribution in [0.5, 0.6) is 0 Å². The van der Waals surface area contributed by atoms with Gasteiger partial charge < -0.3 is 15.2 Å². The van der Waals surface area contributed by atoms with E-state index in [-0.39, 0.29) is 0 Å². The largest absolute Gasteiger partial charge is 0.376 e. The van der Waals surface area contributed by atoms with Gasteiger partial charge in [0.25, 0.3) is 0 Å². The third-order valence-electron chi connectivity index (χ3n) is 3.60. The molecule has 2 saturated heterocycles. The van der Waals surface area contributed by atoms with E-state index in [9.17, 15) is 0 Å². The molecule has 0 bridgehead atoms. The van der Waals surface area contributed by atoms with Gasteiger partial charge in [-0.3, -0.25) is 4.90 Å². The molecule has 0 amide bonds. The molecular formula is C12H24N2O2. The van der Waals surface area contributed by atoms with Crippen LogP contribution < -0.4 is 5.73 Å². The minimum atomic E-state index is 0.299. The number of hydrogen-bond donors (Lipinski definition) is 1. The van der Waals surface area contributed by atoms with Gasteiger partial charge in [-0.15, -0.1) is 0 Å². The van der Waals surface area contributed by atoms with Gasteiger partial charge in [-0.1, -0.05) is 6.92 Å². The molecule has 2 aliphatic heterocycles. The van der Waals surface area contributed by atoms with Gasteiger partial charge in [0.15, 0.2) is 0 Å². The van der Waals surface area contributed by atoms with E-state index in [4.69, 9.17) is 15.2 Å². The van der Waals surface area contributed by atoms with Crippen molar-refractivity contribution >= 4 is 0 Å². The van der Waals surface area contributed by atoms with Gasteiger partial charge in [0, 0.05) is 26.2 Å². The molecule has 0 spiro atoms. The molecule has 2 rings (SSSR count). The van der Waals surface area contributed by atoms with Crippen LogP contribution in [0.2, 0.25) is 0 Å². The van der Waals surface area contributed by atoms with Gasteiger partial charge in [0.05, 0.1) is 24.9 Å². The molecule has 0 radical (unpaired) electrons. The molecule has 0 aromatic rings. The standard InChI is InChI=1S/C12H24N2O2/c1-2-10-8-14(5-6-15-10)9-12-4-3-11(7-13)16-12/h10-12H,2-9,13H2,1H3. The van der Waals surface area contributed by atoms with Crippen molar-refractivity contribution in [2.24, 2.45) is 5.73 Å². The minimum absolute atomic E-state index is 0.299. The van der Waals surface area contributed by atoms with Crippen molar-refractivity contribution in [3.05, 3.63) is 0 Å².